The molecule has 26 heavy (non-hydrogen) atoms. The number of fused-ring (bicyclic) bond motifs is 5. The van der Waals surface area contributed by atoms with Crippen LogP contribution in [0.4, 0.5) is 0 Å². The van der Waals surface area contributed by atoms with E-state index < -0.39 is 0 Å². The van der Waals surface area contributed by atoms with Crippen molar-refractivity contribution in [2.24, 2.45) is 17.3 Å². The maximum Gasteiger partial charge on any atom is 0.311 e. The molecule has 0 bridgehead atoms. The zero-order valence-corrected chi connectivity index (χ0v) is 15.8. The molecule has 0 spiro atoms. The maximum atomic E-state index is 12.1. The van der Waals surface area contributed by atoms with E-state index in [0.717, 1.165) is 56.1 Å². The zero-order valence-electron chi connectivity index (χ0n) is 15.8. The van der Waals surface area contributed by atoms with Crippen LogP contribution in [0.3, 0.4) is 0 Å². The molecule has 4 nitrogen and oxygen atoms in total. The number of phenolic OH excluding ortho intramolecular Hbond substituents is 1. The molecule has 0 saturated heterocycles. The minimum absolute atomic E-state index is 0.0363. The molecule has 142 valence electrons. The molecule has 4 rings (SSSR count). The van der Waals surface area contributed by atoms with E-state index in [9.17, 15) is 15.0 Å². The second-order valence-corrected chi connectivity index (χ2v) is 8.79. The molecule has 4 heteroatoms. The van der Waals surface area contributed by atoms with Crippen molar-refractivity contribution in [1.82, 2.24) is 0 Å². The molecule has 0 aromatic heterocycles. The number of aliphatic hydroxyl groups excluding tert-OH is 1. The first-order valence-electron chi connectivity index (χ1n) is 10.2. The largest absolute Gasteiger partial charge is 0.508 e. The summed E-state index contributed by atoms with van der Waals surface area (Å²) >= 11 is 0. The normalized spacial score (nSPS) is 35.3. The quantitative estimate of drug-likeness (QED) is 0.624. The van der Waals surface area contributed by atoms with Crippen molar-refractivity contribution in [2.75, 3.05) is 0 Å². The summed E-state index contributed by atoms with van der Waals surface area (Å²) in [4.78, 5) is 12.1. The van der Waals surface area contributed by atoms with Crippen LogP contribution in [-0.2, 0) is 11.2 Å². The molecule has 0 unspecified atom stereocenters. The van der Waals surface area contributed by atoms with Crippen molar-refractivity contribution in [2.45, 2.75) is 77.2 Å². The molecular formula is C22H30O4. The number of ether oxygens (including phenoxy) is 1. The van der Waals surface area contributed by atoms with Gasteiger partial charge in [-0.1, -0.05) is 13.8 Å². The highest BCUT2D eigenvalue weighted by atomic mass is 16.5. The molecule has 5 atom stereocenters. The fourth-order valence-electron chi connectivity index (χ4n) is 6.10. The maximum absolute atomic E-state index is 12.1. The van der Waals surface area contributed by atoms with E-state index in [2.05, 4.69) is 6.92 Å². The number of hydrogen-bond donors (Lipinski definition) is 2. The topological polar surface area (TPSA) is 66.8 Å². The number of aliphatic hydroxyl groups is 1. The van der Waals surface area contributed by atoms with Gasteiger partial charge in [-0.2, -0.15) is 0 Å². The SMILES string of the molecule is CCCC(=O)Oc1cc(O)cc2c1[C@H]1CC[C@]3(C)[C@H](O)CC[C@H]3[C@@H]1CC2. The second-order valence-electron chi connectivity index (χ2n) is 8.79. The first-order chi connectivity index (χ1) is 12.4. The van der Waals surface area contributed by atoms with Crippen molar-refractivity contribution in [3.63, 3.8) is 0 Å². The standard InChI is InChI=1S/C22H30O4/c1-3-4-20(25)26-18-12-14(23)11-13-5-6-15-16(21(13)18)9-10-22(2)17(15)7-8-19(22)24/h11-12,15-17,19,23-24H,3-10H2,1-2H3/t15-,16+,17+,19-,22+/m1/s1. The monoisotopic (exact) mass is 358 g/mol. The fraction of sp³-hybridized carbons (Fsp3) is 0.682. The third kappa shape index (κ3) is 2.74. The second kappa shape index (κ2) is 6.56. The Morgan fingerprint density at radius 1 is 1.27 bits per heavy atom. The van der Waals surface area contributed by atoms with Gasteiger partial charge < -0.3 is 14.9 Å². The highest BCUT2D eigenvalue weighted by Gasteiger charge is 2.54. The Hall–Kier alpha value is -1.55. The molecular weight excluding hydrogens is 328 g/mol. The average Bonchev–Trinajstić information content (AvgIpc) is 2.90. The summed E-state index contributed by atoms with van der Waals surface area (Å²) in [6.07, 6.45) is 7.00. The van der Waals surface area contributed by atoms with Gasteiger partial charge >= 0.3 is 5.97 Å². The van der Waals surface area contributed by atoms with E-state index in [1.54, 1.807) is 6.07 Å². The molecule has 2 saturated carbocycles. The zero-order chi connectivity index (χ0) is 18.5. The lowest BCUT2D eigenvalue weighted by Crippen LogP contribution is -2.44. The summed E-state index contributed by atoms with van der Waals surface area (Å²) in [5.41, 5.74) is 2.31. The number of esters is 1. The lowest BCUT2D eigenvalue weighted by atomic mass is 9.55. The average molecular weight is 358 g/mol. The number of aromatic hydroxyl groups is 1. The Bertz CT molecular complexity index is 712. The summed E-state index contributed by atoms with van der Waals surface area (Å²) < 4.78 is 5.69. The number of rotatable bonds is 3. The first kappa shape index (κ1) is 17.8. The highest BCUT2D eigenvalue weighted by Crippen LogP contribution is 2.62. The van der Waals surface area contributed by atoms with Gasteiger partial charge in [0.25, 0.3) is 0 Å². The van der Waals surface area contributed by atoms with Gasteiger partial charge in [0.2, 0.25) is 0 Å². The van der Waals surface area contributed by atoms with Crippen molar-refractivity contribution in [3.05, 3.63) is 23.3 Å². The van der Waals surface area contributed by atoms with E-state index in [1.165, 1.54) is 0 Å². The number of aryl methyl sites for hydroxylation is 1. The molecule has 0 amide bonds. The molecule has 0 heterocycles. The van der Waals surface area contributed by atoms with E-state index in [0.29, 0.717) is 29.9 Å². The van der Waals surface area contributed by atoms with Gasteiger partial charge in [0.15, 0.2) is 0 Å². The number of carbonyl (C=O) groups excluding carboxylic acids is 1. The number of benzene rings is 1. The molecule has 2 fully saturated rings. The third-order valence-electron chi connectivity index (χ3n) is 7.40. The van der Waals surface area contributed by atoms with Gasteiger partial charge in [-0.25, -0.2) is 0 Å². The van der Waals surface area contributed by atoms with Crippen molar-refractivity contribution < 1.29 is 19.7 Å². The summed E-state index contributed by atoms with van der Waals surface area (Å²) in [6, 6.07) is 3.46. The number of carbonyl (C=O) groups is 1. The van der Waals surface area contributed by atoms with Crippen molar-refractivity contribution in [1.29, 1.82) is 0 Å². The van der Waals surface area contributed by atoms with Crippen LogP contribution in [0, 0.1) is 17.3 Å². The Kier molecular flexibility index (Phi) is 4.50. The van der Waals surface area contributed by atoms with E-state index in [4.69, 9.17) is 4.74 Å². The summed E-state index contributed by atoms with van der Waals surface area (Å²) in [7, 11) is 0. The van der Waals surface area contributed by atoms with Crippen LogP contribution in [0.2, 0.25) is 0 Å². The Morgan fingerprint density at radius 3 is 2.85 bits per heavy atom. The van der Waals surface area contributed by atoms with Gasteiger partial charge in [0.05, 0.1) is 6.10 Å². The Labute approximate surface area is 155 Å². The number of hydrogen-bond acceptors (Lipinski definition) is 4. The lowest BCUT2D eigenvalue weighted by molar-refractivity contribution is -0.134. The third-order valence-corrected chi connectivity index (χ3v) is 7.40. The number of phenols is 1. The molecule has 1 aromatic rings. The fourth-order valence-corrected chi connectivity index (χ4v) is 6.10. The predicted octanol–water partition coefficient (Wildman–Crippen LogP) is 4.31. The highest BCUT2D eigenvalue weighted by molar-refractivity contribution is 5.73. The molecule has 0 aliphatic heterocycles. The van der Waals surface area contributed by atoms with Gasteiger partial charge in [0, 0.05) is 18.1 Å². The minimum Gasteiger partial charge on any atom is -0.508 e. The van der Waals surface area contributed by atoms with Crippen molar-refractivity contribution in [3.8, 4) is 11.5 Å². The van der Waals surface area contributed by atoms with E-state index in [-0.39, 0.29) is 23.2 Å². The van der Waals surface area contributed by atoms with Crippen LogP contribution in [0.15, 0.2) is 12.1 Å². The molecule has 3 aliphatic rings. The summed E-state index contributed by atoms with van der Waals surface area (Å²) in [5.74, 6) is 1.96. The van der Waals surface area contributed by atoms with Crippen LogP contribution in [0.1, 0.15) is 75.8 Å². The molecule has 2 N–H and O–H groups in total. The van der Waals surface area contributed by atoms with Gasteiger partial charge in [-0.05, 0) is 79.7 Å². The Morgan fingerprint density at radius 2 is 2.08 bits per heavy atom. The predicted molar refractivity (Wildman–Crippen MR) is 99.3 cm³/mol. The van der Waals surface area contributed by atoms with Gasteiger partial charge in [-0.15, -0.1) is 0 Å². The lowest BCUT2D eigenvalue weighted by Gasteiger charge is -2.50. The van der Waals surface area contributed by atoms with Crippen LogP contribution in [-0.4, -0.2) is 22.3 Å². The first-order valence-corrected chi connectivity index (χ1v) is 10.2. The smallest absolute Gasteiger partial charge is 0.311 e. The molecule has 0 radical (unpaired) electrons. The van der Waals surface area contributed by atoms with Crippen LogP contribution < -0.4 is 4.74 Å². The van der Waals surface area contributed by atoms with E-state index >= 15 is 0 Å². The van der Waals surface area contributed by atoms with Gasteiger partial charge in [0.1, 0.15) is 11.5 Å². The van der Waals surface area contributed by atoms with Crippen molar-refractivity contribution >= 4 is 5.97 Å². The molecule has 1 aromatic carbocycles. The van der Waals surface area contributed by atoms with Crippen LogP contribution in [0.25, 0.3) is 0 Å². The van der Waals surface area contributed by atoms with Crippen LogP contribution in [0.5, 0.6) is 11.5 Å². The van der Waals surface area contributed by atoms with Gasteiger partial charge in [-0.3, -0.25) is 4.79 Å². The minimum atomic E-state index is -0.223. The summed E-state index contributed by atoms with van der Waals surface area (Å²) in [5, 5.41) is 20.6. The van der Waals surface area contributed by atoms with Crippen LogP contribution >= 0.6 is 0 Å². The summed E-state index contributed by atoms with van der Waals surface area (Å²) in [6.45, 7) is 4.22. The Balaban J connectivity index is 1.70. The molecule has 3 aliphatic carbocycles. The van der Waals surface area contributed by atoms with E-state index in [1.807, 2.05) is 13.0 Å².